The zero-order valence-electron chi connectivity index (χ0n) is 9.34. The molecule has 1 saturated carbocycles. The summed E-state index contributed by atoms with van der Waals surface area (Å²) >= 11 is 0. The van der Waals surface area contributed by atoms with E-state index >= 15 is 0 Å². The summed E-state index contributed by atoms with van der Waals surface area (Å²) in [6, 6.07) is 0. The first kappa shape index (κ1) is 11.5. The summed E-state index contributed by atoms with van der Waals surface area (Å²) in [5.74, 6) is 0.399. The van der Waals surface area contributed by atoms with Gasteiger partial charge >= 0.3 is 5.97 Å². The van der Waals surface area contributed by atoms with E-state index in [9.17, 15) is 4.79 Å². The molecule has 0 bridgehead atoms. The average Bonchev–Trinajstić information content (AvgIpc) is 2.82. The van der Waals surface area contributed by atoms with Crippen LogP contribution in [-0.2, 0) is 4.79 Å². The molecule has 1 aliphatic carbocycles. The van der Waals surface area contributed by atoms with Crippen molar-refractivity contribution in [2.24, 2.45) is 11.8 Å². The number of nitrogens with one attached hydrogen (secondary N) is 1. The van der Waals surface area contributed by atoms with Gasteiger partial charge in [-0.3, -0.25) is 4.79 Å². The quantitative estimate of drug-likeness (QED) is 0.686. The van der Waals surface area contributed by atoms with Crippen LogP contribution in [-0.4, -0.2) is 23.2 Å². The first-order valence-electron chi connectivity index (χ1n) is 5.42. The standard InChI is InChI=1S/C11H21NO2/c1-8(2)6-11(3,10(13)14)12-7-9-4-5-9/h8-9,12H,4-7H2,1-3H3,(H,13,14). The Morgan fingerprint density at radius 3 is 2.50 bits per heavy atom. The van der Waals surface area contributed by atoms with E-state index in [0.717, 1.165) is 12.5 Å². The highest BCUT2D eigenvalue weighted by atomic mass is 16.4. The number of rotatable bonds is 6. The highest BCUT2D eigenvalue weighted by Crippen LogP contribution is 2.29. The van der Waals surface area contributed by atoms with Crippen molar-refractivity contribution in [1.29, 1.82) is 0 Å². The number of hydrogen-bond acceptors (Lipinski definition) is 2. The number of carboxylic acid groups (broad SMARTS) is 1. The second kappa shape index (κ2) is 4.30. The van der Waals surface area contributed by atoms with Gasteiger partial charge < -0.3 is 10.4 Å². The molecule has 1 atom stereocenters. The van der Waals surface area contributed by atoms with Crippen LogP contribution in [0.5, 0.6) is 0 Å². The Labute approximate surface area is 85.9 Å². The minimum atomic E-state index is -0.739. The molecule has 1 fully saturated rings. The van der Waals surface area contributed by atoms with Crippen LogP contribution in [0.1, 0.15) is 40.0 Å². The molecule has 0 amide bonds. The van der Waals surface area contributed by atoms with Gasteiger partial charge in [0.1, 0.15) is 5.54 Å². The molecule has 0 saturated heterocycles. The smallest absolute Gasteiger partial charge is 0.323 e. The van der Waals surface area contributed by atoms with Gasteiger partial charge in [-0.1, -0.05) is 13.8 Å². The SMILES string of the molecule is CC(C)CC(C)(NCC1CC1)C(=O)O. The van der Waals surface area contributed by atoms with Gasteiger partial charge in [-0.05, 0) is 44.6 Å². The van der Waals surface area contributed by atoms with Crippen LogP contribution in [0.15, 0.2) is 0 Å². The molecule has 0 aromatic heterocycles. The second-order valence-corrected chi connectivity index (χ2v) is 5.06. The van der Waals surface area contributed by atoms with Crippen molar-refractivity contribution in [3.05, 3.63) is 0 Å². The molecule has 0 radical (unpaired) electrons. The van der Waals surface area contributed by atoms with Crippen molar-refractivity contribution in [3.8, 4) is 0 Å². The van der Waals surface area contributed by atoms with Gasteiger partial charge in [-0.15, -0.1) is 0 Å². The van der Waals surface area contributed by atoms with Gasteiger partial charge in [0.25, 0.3) is 0 Å². The topological polar surface area (TPSA) is 49.3 Å². The third-order valence-corrected chi connectivity index (χ3v) is 2.77. The fraction of sp³-hybridized carbons (Fsp3) is 0.909. The number of carbonyl (C=O) groups is 1. The summed E-state index contributed by atoms with van der Waals surface area (Å²) in [4.78, 5) is 11.1. The largest absolute Gasteiger partial charge is 0.480 e. The maximum Gasteiger partial charge on any atom is 0.323 e. The normalized spacial score (nSPS) is 20.9. The summed E-state index contributed by atoms with van der Waals surface area (Å²) in [7, 11) is 0. The summed E-state index contributed by atoms with van der Waals surface area (Å²) in [5.41, 5.74) is -0.739. The Hall–Kier alpha value is -0.570. The molecule has 2 N–H and O–H groups in total. The lowest BCUT2D eigenvalue weighted by Crippen LogP contribution is -2.51. The molecule has 3 heteroatoms. The Bertz CT molecular complexity index is 211. The van der Waals surface area contributed by atoms with Crippen LogP contribution in [0.4, 0.5) is 0 Å². The molecule has 82 valence electrons. The highest BCUT2D eigenvalue weighted by Gasteiger charge is 2.35. The third-order valence-electron chi connectivity index (χ3n) is 2.77. The molecule has 1 aliphatic rings. The maximum absolute atomic E-state index is 11.1. The Morgan fingerprint density at radius 1 is 1.57 bits per heavy atom. The van der Waals surface area contributed by atoms with Crippen molar-refractivity contribution >= 4 is 5.97 Å². The highest BCUT2D eigenvalue weighted by molar-refractivity contribution is 5.78. The Balaban J connectivity index is 2.45. The number of hydrogen-bond donors (Lipinski definition) is 2. The van der Waals surface area contributed by atoms with Crippen molar-refractivity contribution < 1.29 is 9.90 Å². The summed E-state index contributed by atoms with van der Waals surface area (Å²) in [5, 5.41) is 12.3. The molecule has 1 unspecified atom stereocenters. The lowest BCUT2D eigenvalue weighted by Gasteiger charge is -2.28. The molecule has 1 rings (SSSR count). The molecule has 0 aromatic carbocycles. The van der Waals surface area contributed by atoms with E-state index in [1.165, 1.54) is 12.8 Å². The molecular formula is C11H21NO2. The van der Waals surface area contributed by atoms with E-state index in [0.29, 0.717) is 12.3 Å². The summed E-state index contributed by atoms with van der Waals surface area (Å²) in [6.07, 6.45) is 3.20. The van der Waals surface area contributed by atoms with Gasteiger partial charge in [0, 0.05) is 0 Å². The summed E-state index contributed by atoms with van der Waals surface area (Å²) in [6.45, 7) is 6.76. The van der Waals surface area contributed by atoms with Gasteiger partial charge in [-0.25, -0.2) is 0 Å². The molecular weight excluding hydrogens is 178 g/mol. The number of aliphatic carboxylic acids is 1. The minimum absolute atomic E-state index is 0.405. The third kappa shape index (κ3) is 3.29. The van der Waals surface area contributed by atoms with Crippen molar-refractivity contribution in [3.63, 3.8) is 0 Å². The zero-order chi connectivity index (χ0) is 10.8. The van der Waals surface area contributed by atoms with Gasteiger partial charge in [0.2, 0.25) is 0 Å². The van der Waals surface area contributed by atoms with Crippen molar-refractivity contribution in [1.82, 2.24) is 5.32 Å². The molecule has 3 nitrogen and oxygen atoms in total. The van der Waals surface area contributed by atoms with E-state index in [-0.39, 0.29) is 0 Å². The van der Waals surface area contributed by atoms with Crippen LogP contribution in [0.2, 0.25) is 0 Å². The zero-order valence-corrected chi connectivity index (χ0v) is 9.34. The fourth-order valence-electron chi connectivity index (χ4n) is 1.74. The van der Waals surface area contributed by atoms with Crippen LogP contribution in [0, 0.1) is 11.8 Å². The first-order chi connectivity index (χ1) is 6.44. The van der Waals surface area contributed by atoms with Gasteiger partial charge in [0.15, 0.2) is 0 Å². The van der Waals surface area contributed by atoms with Crippen molar-refractivity contribution in [2.45, 2.75) is 45.6 Å². The predicted octanol–water partition coefficient (Wildman–Crippen LogP) is 1.88. The summed E-state index contributed by atoms with van der Waals surface area (Å²) < 4.78 is 0. The average molecular weight is 199 g/mol. The maximum atomic E-state index is 11.1. The van der Waals surface area contributed by atoms with E-state index in [1.807, 2.05) is 0 Å². The first-order valence-corrected chi connectivity index (χ1v) is 5.42. The molecule has 0 aliphatic heterocycles. The molecule has 0 spiro atoms. The van der Waals surface area contributed by atoms with E-state index in [4.69, 9.17) is 5.11 Å². The van der Waals surface area contributed by atoms with Gasteiger partial charge in [0.05, 0.1) is 0 Å². The van der Waals surface area contributed by atoms with Crippen LogP contribution in [0.25, 0.3) is 0 Å². The molecule has 0 aromatic rings. The lowest BCUT2D eigenvalue weighted by atomic mass is 9.90. The van der Waals surface area contributed by atoms with Crippen LogP contribution < -0.4 is 5.32 Å². The number of carboxylic acids is 1. The van der Waals surface area contributed by atoms with E-state index in [1.54, 1.807) is 6.92 Å². The predicted molar refractivity (Wildman–Crippen MR) is 56.2 cm³/mol. The van der Waals surface area contributed by atoms with Gasteiger partial charge in [-0.2, -0.15) is 0 Å². The lowest BCUT2D eigenvalue weighted by molar-refractivity contribution is -0.144. The molecule has 0 heterocycles. The second-order valence-electron chi connectivity index (χ2n) is 5.06. The monoisotopic (exact) mass is 199 g/mol. The van der Waals surface area contributed by atoms with E-state index in [2.05, 4.69) is 19.2 Å². The Kier molecular flexibility index (Phi) is 3.53. The van der Waals surface area contributed by atoms with Crippen LogP contribution >= 0.6 is 0 Å². The van der Waals surface area contributed by atoms with Crippen LogP contribution in [0.3, 0.4) is 0 Å². The minimum Gasteiger partial charge on any atom is -0.480 e. The van der Waals surface area contributed by atoms with Crippen molar-refractivity contribution in [2.75, 3.05) is 6.54 Å². The van der Waals surface area contributed by atoms with E-state index < -0.39 is 11.5 Å². The fourth-order valence-corrected chi connectivity index (χ4v) is 1.74. The Morgan fingerprint density at radius 2 is 2.14 bits per heavy atom. The molecule has 14 heavy (non-hydrogen) atoms.